The summed E-state index contributed by atoms with van der Waals surface area (Å²) in [6.45, 7) is 2.12. The van der Waals surface area contributed by atoms with Crippen molar-refractivity contribution < 1.29 is 0 Å². The van der Waals surface area contributed by atoms with E-state index < -0.39 is 0 Å². The van der Waals surface area contributed by atoms with Gasteiger partial charge in [-0.05, 0) is 30.7 Å². The van der Waals surface area contributed by atoms with Crippen LogP contribution in [-0.2, 0) is 13.5 Å². The fraction of sp³-hybridized carbons (Fsp3) is 0.385. The highest BCUT2D eigenvalue weighted by atomic mass is 35.5. The number of halogens is 1. The Morgan fingerprint density at radius 2 is 2.22 bits per heavy atom. The van der Waals surface area contributed by atoms with Gasteiger partial charge in [0, 0.05) is 19.4 Å². The predicted octanol–water partition coefficient (Wildman–Crippen LogP) is 2.34. The number of aryl methyl sites for hydroxylation is 2. The number of hydrogen-bond acceptors (Lipinski definition) is 3. The van der Waals surface area contributed by atoms with Crippen molar-refractivity contribution in [1.29, 1.82) is 0 Å². The number of rotatable bonds is 4. The van der Waals surface area contributed by atoms with Crippen molar-refractivity contribution in [2.75, 3.05) is 7.05 Å². The van der Waals surface area contributed by atoms with Gasteiger partial charge in [0.25, 0.3) is 0 Å². The first-order chi connectivity index (χ1) is 8.69. The fourth-order valence-corrected chi connectivity index (χ4v) is 2.47. The minimum Gasteiger partial charge on any atom is -0.308 e. The Morgan fingerprint density at radius 3 is 2.78 bits per heavy atom. The lowest BCUT2D eigenvalue weighted by atomic mass is 9.98. The second-order valence-electron chi connectivity index (χ2n) is 4.15. The van der Waals surface area contributed by atoms with Gasteiger partial charge >= 0.3 is 0 Å². The molecular weight excluding hydrogens is 248 g/mol. The minimum absolute atomic E-state index is 0.0305. The lowest BCUT2D eigenvalue weighted by Crippen LogP contribution is -2.22. The van der Waals surface area contributed by atoms with Crippen LogP contribution in [0.25, 0.3) is 0 Å². The Morgan fingerprint density at radius 1 is 1.44 bits per heavy atom. The Kier molecular flexibility index (Phi) is 3.99. The molecular formula is C13H17ClN4. The summed E-state index contributed by atoms with van der Waals surface area (Å²) in [5.74, 6) is 0. The molecule has 0 fully saturated rings. The van der Waals surface area contributed by atoms with Crippen LogP contribution in [-0.4, -0.2) is 21.8 Å². The molecule has 0 saturated heterocycles. The molecule has 1 unspecified atom stereocenters. The maximum Gasteiger partial charge on any atom is 0.0837 e. The molecule has 0 aliphatic rings. The molecule has 4 nitrogen and oxygen atoms in total. The molecule has 2 heterocycles. The molecule has 96 valence electrons. The highest BCUT2D eigenvalue weighted by molar-refractivity contribution is 6.31. The summed E-state index contributed by atoms with van der Waals surface area (Å²) in [5.41, 5.74) is 3.38. The summed E-state index contributed by atoms with van der Waals surface area (Å²) < 4.78 is 1.81. The van der Waals surface area contributed by atoms with Gasteiger partial charge in [-0.1, -0.05) is 18.5 Å². The molecule has 1 atom stereocenters. The monoisotopic (exact) mass is 264 g/mol. The average Bonchev–Trinajstić information content (AvgIpc) is 2.72. The van der Waals surface area contributed by atoms with Crippen LogP contribution in [0.4, 0.5) is 0 Å². The first kappa shape index (κ1) is 13.1. The molecule has 0 aromatic carbocycles. The first-order valence-electron chi connectivity index (χ1n) is 5.96. The average molecular weight is 265 g/mol. The van der Waals surface area contributed by atoms with E-state index in [0.717, 1.165) is 12.1 Å². The zero-order valence-corrected chi connectivity index (χ0v) is 11.6. The predicted molar refractivity (Wildman–Crippen MR) is 72.7 cm³/mol. The van der Waals surface area contributed by atoms with Gasteiger partial charge in [0.1, 0.15) is 0 Å². The van der Waals surface area contributed by atoms with Crippen molar-refractivity contribution >= 4 is 11.6 Å². The smallest absolute Gasteiger partial charge is 0.0837 e. The van der Waals surface area contributed by atoms with E-state index in [1.54, 1.807) is 6.20 Å². The summed E-state index contributed by atoms with van der Waals surface area (Å²) in [6.07, 6.45) is 6.33. The largest absolute Gasteiger partial charge is 0.308 e. The second-order valence-corrected chi connectivity index (χ2v) is 4.56. The molecule has 0 radical (unpaired) electrons. The normalized spacial score (nSPS) is 12.7. The van der Waals surface area contributed by atoms with Gasteiger partial charge in [-0.25, -0.2) is 0 Å². The third-order valence-electron chi connectivity index (χ3n) is 3.13. The molecule has 0 saturated carbocycles. The van der Waals surface area contributed by atoms with E-state index in [0.29, 0.717) is 5.02 Å². The zero-order chi connectivity index (χ0) is 13.1. The molecule has 5 heteroatoms. The molecule has 18 heavy (non-hydrogen) atoms. The van der Waals surface area contributed by atoms with E-state index >= 15 is 0 Å². The number of nitrogens with zero attached hydrogens (tertiary/aromatic N) is 3. The van der Waals surface area contributed by atoms with Crippen LogP contribution in [0, 0.1) is 0 Å². The van der Waals surface area contributed by atoms with Gasteiger partial charge in [-0.2, -0.15) is 5.10 Å². The van der Waals surface area contributed by atoms with Crippen LogP contribution in [0.3, 0.4) is 0 Å². The minimum atomic E-state index is 0.0305. The highest BCUT2D eigenvalue weighted by Crippen LogP contribution is 2.29. The van der Waals surface area contributed by atoms with Gasteiger partial charge in [0.15, 0.2) is 0 Å². The third kappa shape index (κ3) is 2.26. The van der Waals surface area contributed by atoms with Crippen molar-refractivity contribution in [3.05, 3.63) is 46.5 Å². The molecule has 0 aliphatic carbocycles. The van der Waals surface area contributed by atoms with Crippen molar-refractivity contribution in [2.24, 2.45) is 7.05 Å². The molecule has 0 aliphatic heterocycles. The maximum atomic E-state index is 6.23. The summed E-state index contributed by atoms with van der Waals surface area (Å²) in [6, 6.07) is 2.06. The molecule has 2 aromatic rings. The lowest BCUT2D eigenvalue weighted by Gasteiger charge is -2.20. The van der Waals surface area contributed by atoms with Crippen LogP contribution in [0.15, 0.2) is 24.7 Å². The van der Waals surface area contributed by atoms with Crippen LogP contribution in [0.1, 0.15) is 29.8 Å². The van der Waals surface area contributed by atoms with E-state index in [4.69, 9.17) is 11.6 Å². The molecule has 1 N–H and O–H groups in total. The summed E-state index contributed by atoms with van der Waals surface area (Å²) in [5, 5.41) is 8.18. The lowest BCUT2D eigenvalue weighted by molar-refractivity contribution is 0.601. The quantitative estimate of drug-likeness (QED) is 0.922. The van der Waals surface area contributed by atoms with E-state index in [2.05, 4.69) is 22.3 Å². The summed E-state index contributed by atoms with van der Waals surface area (Å²) in [7, 11) is 3.83. The van der Waals surface area contributed by atoms with Crippen LogP contribution in [0.2, 0.25) is 5.02 Å². The van der Waals surface area contributed by atoms with Gasteiger partial charge in [-0.15, -0.1) is 0 Å². The van der Waals surface area contributed by atoms with E-state index in [9.17, 15) is 0 Å². The van der Waals surface area contributed by atoms with Crippen molar-refractivity contribution in [3.63, 3.8) is 0 Å². The Labute approximate surface area is 112 Å². The van der Waals surface area contributed by atoms with Gasteiger partial charge < -0.3 is 5.32 Å². The third-order valence-corrected chi connectivity index (χ3v) is 3.42. The SMILES string of the molecule is CCc1cnccc1C(NC)c1c(Cl)cnn1C. The molecule has 0 bridgehead atoms. The van der Waals surface area contributed by atoms with Crippen LogP contribution < -0.4 is 5.32 Å². The van der Waals surface area contributed by atoms with Crippen molar-refractivity contribution in [3.8, 4) is 0 Å². The standard InChI is InChI=1S/C13H17ClN4/c1-4-9-7-16-6-5-10(9)12(15-2)13-11(14)8-17-18(13)3/h5-8,12,15H,4H2,1-3H3. The Balaban J connectivity index is 2.52. The molecule has 0 amide bonds. The van der Waals surface area contributed by atoms with E-state index in [-0.39, 0.29) is 6.04 Å². The second kappa shape index (κ2) is 5.50. The first-order valence-corrected chi connectivity index (χ1v) is 6.34. The fourth-order valence-electron chi connectivity index (χ4n) is 2.20. The number of pyridine rings is 1. The Hall–Kier alpha value is -1.39. The van der Waals surface area contributed by atoms with Crippen LogP contribution in [0.5, 0.6) is 0 Å². The number of hydrogen-bond donors (Lipinski definition) is 1. The maximum absolute atomic E-state index is 6.23. The van der Waals surface area contributed by atoms with E-state index in [1.165, 1.54) is 11.1 Å². The summed E-state index contributed by atoms with van der Waals surface area (Å²) in [4.78, 5) is 4.18. The topological polar surface area (TPSA) is 42.7 Å². The highest BCUT2D eigenvalue weighted by Gasteiger charge is 2.21. The molecule has 2 rings (SSSR count). The molecule has 0 spiro atoms. The zero-order valence-electron chi connectivity index (χ0n) is 10.8. The van der Waals surface area contributed by atoms with Crippen LogP contribution >= 0.6 is 11.6 Å². The number of nitrogens with one attached hydrogen (secondary N) is 1. The van der Waals surface area contributed by atoms with Crippen molar-refractivity contribution in [2.45, 2.75) is 19.4 Å². The van der Waals surface area contributed by atoms with Crippen molar-refractivity contribution in [1.82, 2.24) is 20.1 Å². The van der Waals surface area contributed by atoms with Gasteiger partial charge in [-0.3, -0.25) is 9.67 Å². The Bertz CT molecular complexity index is 516. The van der Waals surface area contributed by atoms with Gasteiger partial charge in [0.05, 0.1) is 23.0 Å². The molecule has 2 aromatic heterocycles. The van der Waals surface area contributed by atoms with E-state index in [1.807, 2.05) is 37.2 Å². The number of aromatic nitrogens is 3. The van der Waals surface area contributed by atoms with Gasteiger partial charge in [0.2, 0.25) is 0 Å². The summed E-state index contributed by atoms with van der Waals surface area (Å²) >= 11 is 6.23.